The monoisotopic (exact) mass is 241 g/mol. The van der Waals surface area contributed by atoms with Crippen LogP contribution in [0, 0.1) is 5.92 Å². The van der Waals surface area contributed by atoms with Crippen molar-refractivity contribution in [2.45, 2.75) is 45.7 Å². The van der Waals surface area contributed by atoms with Gasteiger partial charge in [0.2, 0.25) is 5.91 Å². The van der Waals surface area contributed by atoms with Gasteiger partial charge in [-0.2, -0.15) is 0 Å². The van der Waals surface area contributed by atoms with E-state index in [1.807, 2.05) is 27.8 Å². The molecule has 0 aromatic heterocycles. The van der Waals surface area contributed by atoms with Crippen molar-refractivity contribution in [2.24, 2.45) is 5.92 Å². The smallest absolute Gasteiger partial charge is 0.237 e. The molecule has 0 aromatic carbocycles. The second-order valence-electron chi connectivity index (χ2n) is 5.49. The van der Waals surface area contributed by atoms with Crippen molar-refractivity contribution in [2.75, 3.05) is 26.7 Å². The van der Waals surface area contributed by atoms with Crippen molar-refractivity contribution in [3.63, 3.8) is 0 Å². The Bertz CT molecular complexity index is 237. The average Bonchev–Trinajstić information content (AvgIpc) is 2.28. The van der Waals surface area contributed by atoms with Crippen molar-refractivity contribution in [1.29, 1.82) is 0 Å². The van der Waals surface area contributed by atoms with Crippen molar-refractivity contribution in [1.82, 2.24) is 15.5 Å². The molecule has 4 heteroatoms. The molecule has 2 atom stereocenters. The van der Waals surface area contributed by atoms with E-state index in [4.69, 9.17) is 0 Å². The van der Waals surface area contributed by atoms with Gasteiger partial charge in [-0.25, -0.2) is 0 Å². The summed E-state index contributed by atoms with van der Waals surface area (Å²) in [6.07, 6.45) is 2.53. The molecule has 1 fully saturated rings. The van der Waals surface area contributed by atoms with E-state index in [0.717, 1.165) is 19.6 Å². The van der Waals surface area contributed by atoms with E-state index in [1.54, 1.807) is 0 Å². The molecule has 1 aliphatic rings. The molecular weight excluding hydrogens is 214 g/mol. The summed E-state index contributed by atoms with van der Waals surface area (Å²) in [5, 5.41) is 6.38. The standard InChI is InChI=1S/C13H27N3O/c1-10(2)15-13(17)11(3)16(4)9-12-6-5-7-14-8-12/h10-12,14H,5-9H2,1-4H3,(H,15,17). The molecule has 1 aliphatic heterocycles. The number of nitrogens with zero attached hydrogens (tertiary/aromatic N) is 1. The summed E-state index contributed by atoms with van der Waals surface area (Å²) in [5.74, 6) is 0.814. The van der Waals surface area contributed by atoms with Gasteiger partial charge in [0.25, 0.3) is 0 Å². The molecule has 0 spiro atoms. The molecule has 1 amide bonds. The highest BCUT2D eigenvalue weighted by atomic mass is 16.2. The van der Waals surface area contributed by atoms with Crippen LogP contribution >= 0.6 is 0 Å². The Balaban J connectivity index is 2.34. The van der Waals surface area contributed by atoms with E-state index in [9.17, 15) is 4.79 Å². The molecule has 1 rings (SSSR count). The van der Waals surface area contributed by atoms with Gasteiger partial charge in [-0.15, -0.1) is 0 Å². The zero-order chi connectivity index (χ0) is 12.8. The van der Waals surface area contributed by atoms with Crippen molar-refractivity contribution in [3.8, 4) is 0 Å². The number of piperidine rings is 1. The van der Waals surface area contributed by atoms with Crippen molar-refractivity contribution < 1.29 is 4.79 Å². The fourth-order valence-electron chi connectivity index (χ4n) is 2.25. The van der Waals surface area contributed by atoms with E-state index in [2.05, 4.69) is 15.5 Å². The maximum Gasteiger partial charge on any atom is 0.237 e. The van der Waals surface area contributed by atoms with Gasteiger partial charge in [0, 0.05) is 12.6 Å². The summed E-state index contributed by atoms with van der Waals surface area (Å²) in [4.78, 5) is 14.0. The van der Waals surface area contributed by atoms with E-state index in [0.29, 0.717) is 5.92 Å². The van der Waals surface area contributed by atoms with E-state index in [-0.39, 0.29) is 18.0 Å². The number of nitrogens with one attached hydrogen (secondary N) is 2. The number of carbonyl (C=O) groups is 1. The Labute approximate surface area is 105 Å². The van der Waals surface area contributed by atoms with Crippen LogP contribution in [-0.4, -0.2) is 49.6 Å². The average molecular weight is 241 g/mol. The van der Waals surface area contributed by atoms with Gasteiger partial charge < -0.3 is 10.6 Å². The van der Waals surface area contributed by atoms with Crippen LogP contribution < -0.4 is 10.6 Å². The van der Waals surface area contributed by atoms with Crippen LogP contribution in [-0.2, 0) is 4.79 Å². The van der Waals surface area contributed by atoms with Crippen LogP contribution in [0.3, 0.4) is 0 Å². The molecule has 0 aromatic rings. The first-order valence-electron chi connectivity index (χ1n) is 6.72. The number of carbonyl (C=O) groups excluding carboxylic acids is 1. The molecule has 2 unspecified atom stereocenters. The van der Waals surface area contributed by atoms with Crippen molar-refractivity contribution in [3.05, 3.63) is 0 Å². The van der Waals surface area contributed by atoms with Gasteiger partial charge in [0.05, 0.1) is 6.04 Å². The number of rotatable bonds is 5. The summed E-state index contributed by atoms with van der Waals surface area (Å²) < 4.78 is 0. The maximum absolute atomic E-state index is 11.9. The highest BCUT2D eigenvalue weighted by Crippen LogP contribution is 2.12. The minimum atomic E-state index is -0.0423. The molecule has 100 valence electrons. The first kappa shape index (κ1) is 14.5. The van der Waals surface area contributed by atoms with Gasteiger partial charge in [0.1, 0.15) is 0 Å². The zero-order valence-corrected chi connectivity index (χ0v) is 11.6. The van der Waals surface area contributed by atoms with Crippen LogP contribution in [0.4, 0.5) is 0 Å². The Morgan fingerprint density at radius 3 is 2.71 bits per heavy atom. The molecule has 2 N–H and O–H groups in total. The molecule has 0 saturated carbocycles. The van der Waals surface area contributed by atoms with Crippen LogP contribution in [0.2, 0.25) is 0 Å². The predicted octanol–water partition coefficient (Wildman–Crippen LogP) is 0.831. The van der Waals surface area contributed by atoms with Gasteiger partial charge in [-0.05, 0) is 59.7 Å². The molecule has 1 saturated heterocycles. The number of amides is 1. The fourth-order valence-corrected chi connectivity index (χ4v) is 2.25. The first-order chi connectivity index (χ1) is 8.00. The van der Waals surface area contributed by atoms with Crippen molar-refractivity contribution >= 4 is 5.91 Å². The topological polar surface area (TPSA) is 44.4 Å². The lowest BCUT2D eigenvalue weighted by Crippen LogP contribution is -2.48. The first-order valence-corrected chi connectivity index (χ1v) is 6.72. The van der Waals surface area contributed by atoms with Crippen LogP contribution in [0.5, 0.6) is 0 Å². The van der Waals surface area contributed by atoms with Gasteiger partial charge in [-0.3, -0.25) is 9.69 Å². The summed E-state index contributed by atoms with van der Waals surface area (Å²) >= 11 is 0. The third-order valence-electron chi connectivity index (χ3n) is 3.42. The molecule has 0 aliphatic carbocycles. The molecular formula is C13H27N3O. The second kappa shape index (κ2) is 6.97. The summed E-state index contributed by atoms with van der Waals surface area (Å²) in [7, 11) is 2.04. The zero-order valence-electron chi connectivity index (χ0n) is 11.6. The van der Waals surface area contributed by atoms with Gasteiger partial charge in [0.15, 0.2) is 0 Å². The summed E-state index contributed by atoms with van der Waals surface area (Å²) in [5.41, 5.74) is 0. The SMILES string of the molecule is CC(C)NC(=O)C(C)N(C)CC1CCCNC1. The number of likely N-dealkylation sites (N-methyl/N-ethyl adjacent to an activating group) is 1. The fraction of sp³-hybridized carbons (Fsp3) is 0.923. The third kappa shape index (κ3) is 5.04. The molecule has 0 radical (unpaired) electrons. The largest absolute Gasteiger partial charge is 0.353 e. The Hall–Kier alpha value is -0.610. The Morgan fingerprint density at radius 1 is 1.47 bits per heavy atom. The van der Waals surface area contributed by atoms with Crippen LogP contribution in [0.15, 0.2) is 0 Å². The number of hydrogen-bond donors (Lipinski definition) is 2. The molecule has 4 nitrogen and oxygen atoms in total. The minimum absolute atomic E-state index is 0.0423. The summed E-state index contributed by atoms with van der Waals surface area (Å²) in [6.45, 7) is 9.20. The molecule has 0 bridgehead atoms. The van der Waals surface area contributed by atoms with E-state index >= 15 is 0 Å². The molecule has 17 heavy (non-hydrogen) atoms. The quantitative estimate of drug-likeness (QED) is 0.749. The summed E-state index contributed by atoms with van der Waals surface area (Å²) in [6, 6.07) is 0.175. The van der Waals surface area contributed by atoms with Gasteiger partial charge in [-0.1, -0.05) is 0 Å². The Morgan fingerprint density at radius 2 is 2.18 bits per heavy atom. The van der Waals surface area contributed by atoms with Crippen LogP contribution in [0.25, 0.3) is 0 Å². The lowest BCUT2D eigenvalue weighted by molar-refractivity contribution is -0.126. The highest BCUT2D eigenvalue weighted by molar-refractivity contribution is 5.81. The van der Waals surface area contributed by atoms with Gasteiger partial charge >= 0.3 is 0 Å². The Kier molecular flexibility index (Phi) is 5.92. The lowest BCUT2D eigenvalue weighted by atomic mass is 9.98. The maximum atomic E-state index is 11.9. The van der Waals surface area contributed by atoms with E-state index in [1.165, 1.54) is 12.8 Å². The minimum Gasteiger partial charge on any atom is -0.353 e. The normalized spacial score (nSPS) is 22.8. The molecule has 1 heterocycles. The number of hydrogen-bond acceptors (Lipinski definition) is 3. The van der Waals surface area contributed by atoms with E-state index < -0.39 is 0 Å². The lowest BCUT2D eigenvalue weighted by Gasteiger charge is -2.31. The third-order valence-corrected chi connectivity index (χ3v) is 3.42. The highest BCUT2D eigenvalue weighted by Gasteiger charge is 2.22. The van der Waals surface area contributed by atoms with Crippen LogP contribution in [0.1, 0.15) is 33.6 Å². The second-order valence-corrected chi connectivity index (χ2v) is 5.49. The predicted molar refractivity (Wildman–Crippen MR) is 71.0 cm³/mol.